The van der Waals surface area contributed by atoms with Crippen LogP contribution >= 0.6 is 0 Å². The summed E-state index contributed by atoms with van der Waals surface area (Å²) in [6.45, 7) is 2.48. The number of carbonyl (C=O) groups is 2. The predicted molar refractivity (Wildman–Crippen MR) is 105 cm³/mol. The molecule has 3 amide bonds. The maximum absolute atomic E-state index is 12.8. The molecule has 1 aliphatic rings. The monoisotopic (exact) mass is 385 g/mol. The Balaban J connectivity index is 1.37. The number of amides is 3. The fourth-order valence-electron chi connectivity index (χ4n) is 2.64. The van der Waals surface area contributed by atoms with Crippen molar-refractivity contribution in [3.63, 3.8) is 0 Å². The van der Waals surface area contributed by atoms with Crippen molar-refractivity contribution < 1.29 is 18.7 Å². The number of rotatable bonds is 8. The maximum atomic E-state index is 12.8. The average molecular weight is 385 g/mol. The molecule has 148 valence electrons. The molecule has 1 aliphatic carbocycles. The van der Waals surface area contributed by atoms with E-state index in [4.69, 9.17) is 4.74 Å². The lowest BCUT2D eigenvalue weighted by Crippen LogP contribution is -2.38. The van der Waals surface area contributed by atoms with Gasteiger partial charge in [0.05, 0.1) is 12.6 Å². The summed E-state index contributed by atoms with van der Waals surface area (Å²) in [5.41, 5.74) is 1.69. The standard InChI is InChI=1S/C21H24FN3O3/c1-14(15-4-8-18(9-5-15)25-20(26)16-2-3-16)24-21(27)23-12-13-28-19-10-6-17(22)7-11-19/h4-11,14,16H,2-3,12-13H2,1H3,(H,25,26)(H2,23,24,27)/t14-/m1/s1. The molecular weight excluding hydrogens is 361 g/mol. The van der Waals surface area contributed by atoms with Gasteiger partial charge in [0.25, 0.3) is 0 Å². The lowest BCUT2D eigenvalue weighted by molar-refractivity contribution is -0.117. The first-order chi connectivity index (χ1) is 13.5. The maximum Gasteiger partial charge on any atom is 0.315 e. The van der Waals surface area contributed by atoms with Gasteiger partial charge in [-0.3, -0.25) is 4.79 Å². The van der Waals surface area contributed by atoms with Crippen LogP contribution in [-0.4, -0.2) is 25.1 Å². The van der Waals surface area contributed by atoms with E-state index in [1.165, 1.54) is 24.3 Å². The Morgan fingerprint density at radius 2 is 1.79 bits per heavy atom. The number of nitrogens with one attached hydrogen (secondary N) is 3. The van der Waals surface area contributed by atoms with Crippen molar-refractivity contribution in [1.82, 2.24) is 10.6 Å². The van der Waals surface area contributed by atoms with E-state index in [0.717, 1.165) is 24.1 Å². The highest BCUT2D eigenvalue weighted by Gasteiger charge is 2.29. The molecule has 3 N–H and O–H groups in total. The van der Waals surface area contributed by atoms with Gasteiger partial charge < -0.3 is 20.7 Å². The van der Waals surface area contributed by atoms with Crippen LogP contribution in [0.15, 0.2) is 48.5 Å². The quantitative estimate of drug-likeness (QED) is 0.608. The van der Waals surface area contributed by atoms with Crippen molar-refractivity contribution in [2.24, 2.45) is 5.92 Å². The minimum Gasteiger partial charge on any atom is -0.492 e. The van der Waals surface area contributed by atoms with Crippen LogP contribution in [0.1, 0.15) is 31.4 Å². The molecule has 7 heteroatoms. The lowest BCUT2D eigenvalue weighted by atomic mass is 10.1. The van der Waals surface area contributed by atoms with Crippen LogP contribution in [0.2, 0.25) is 0 Å². The Morgan fingerprint density at radius 3 is 2.43 bits per heavy atom. The van der Waals surface area contributed by atoms with Crippen LogP contribution in [-0.2, 0) is 4.79 Å². The van der Waals surface area contributed by atoms with Crippen LogP contribution in [0.4, 0.5) is 14.9 Å². The summed E-state index contributed by atoms with van der Waals surface area (Å²) in [5.74, 6) is 0.458. The third kappa shape index (κ3) is 5.97. The lowest BCUT2D eigenvalue weighted by Gasteiger charge is -2.16. The molecule has 1 fully saturated rings. The van der Waals surface area contributed by atoms with E-state index in [2.05, 4.69) is 16.0 Å². The molecule has 1 saturated carbocycles. The molecule has 0 aliphatic heterocycles. The second-order valence-corrected chi connectivity index (χ2v) is 6.81. The smallest absolute Gasteiger partial charge is 0.315 e. The number of carbonyl (C=O) groups excluding carboxylic acids is 2. The second-order valence-electron chi connectivity index (χ2n) is 6.81. The van der Waals surface area contributed by atoms with Gasteiger partial charge in [0.15, 0.2) is 0 Å². The third-order valence-corrected chi connectivity index (χ3v) is 4.44. The summed E-state index contributed by atoms with van der Waals surface area (Å²) < 4.78 is 18.2. The first-order valence-corrected chi connectivity index (χ1v) is 9.35. The Bertz CT molecular complexity index is 805. The largest absolute Gasteiger partial charge is 0.492 e. The summed E-state index contributed by atoms with van der Waals surface area (Å²) in [6, 6.07) is 12.6. The molecule has 0 aromatic heterocycles. The third-order valence-electron chi connectivity index (χ3n) is 4.44. The van der Waals surface area contributed by atoms with Gasteiger partial charge in [-0.05, 0) is 61.7 Å². The van der Waals surface area contributed by atoms with Crippen LogP contribution in [0.5, 0.6) is 5.75 Å². The molecule has 0 spiro atoms. The summed E-state index contributed by atoms with van der Waals surface area (Å²) >= 11 is 0. The normalized spacial score (nSPS) is 14.1. The van der Waals surface area contributed by atoms with E-state index in [1.807, 2.05) is 31.2 Å². The molecule has 2 aromatic carbocycles. The SMILES string of the molecule is C[C@@H](NC(=O)NCCOc1ccc(F)cc1)c1ccc(NC(=O)C2CC2)cc1. The van der Waals surface area contributed by atoms with Gasteiger partial charge >= 0.3 is 6.03 Å². The number of ether oxygens (including phenoxy) is 1. The first-order valence-electron chi connectivity index (χ1n) is 9.35. The van der Waals surface area contributed by atoms with Crippen molar-refractivity contribution in [3.05, 3.63) is 59.9 Å². The van der Waals surface area contributed by atoms with E-state index >= 15 is 0 Å². The fraction of sp³-hybridized carbons (Fsp3) is 0.333. The molecule has 28 heavy (non-hydrogen) atoms. The molecular formula is C21H24FN3O3. The topological polar surface area (TPSA) is 79.5 Å². The highest BCUT2D eigenvalue weighted by Crippen LogP contribution is 2.30. The van der Waals surface area contributed by atoms with Gasteiger partial charge in [0.2, 0.25) is 5.91 Å². The predicted octanol–water partition coefficient (Wildman–Crippen LogP) is 3.61. The van der Waals surface area contributed by atoms with Crippen LogP contribution in [0, 0.1) is 11.7 Å². The highest BCUT2D eigenvalue weighted by molar-refractivity contribution is 5.94. The van der Waals surface area contributed by atoms with Crippen LogP contribution in [0.3, 0.4) is 0 Å². The molecule has 0 radical (unpaired) electrons. The summed E-state index contributed by atoms with van der Waals surface area (Å²) in [5, 5.41) is 8.45. The highest BCUT2D eigenvalue weighted by atomic mass is 19.1. The molecule has 0 heterocycles. The molecule has 0 unspecified atom stereocenters. The Morgan fingerprint density at radius 1 is 1.11 bits per heavy atom. The second kappa shape index (κ2) is 9.21. The number of benzene rings is 2. The van der Waals surface area contributed by atoms with Crippen molar-refractivity contribution in [2.75, 3.05) is 18.5 Å². The molecule has 1 atom stereocenters. The van der Waals surface area contributed by atoms with Gasteiger partial charge in [-0.2, -0.15) is 0 Å². The van der Waals surface area contributed by atoms with Gasteiger partial charge in [0.1, 0.15) is 18.2 Å². The molecule has 2 aromatic rings. The fourth-order valence-corrected chi connectivity index (χ4v) is 2.64. The first kappa shape index (κ1) is 19.7. The Kier molecular flexibility index (Phi) is 6.47. The van der Waals surface area contributed by atoms with Gasteiger partial charge in [0, 0.05) is 11.6 Å². The summed E-state index contributed by atoms with van der Waals surface area (Å²) in [4.78, 5) is 23.8. The van der Waals surface area contributed by atoms with E-state index in [9.17, 15) is 14.0 Å². The van der Waals surface area contributed by atoms with Crippen molar-refractivity contribution >= 4 is 17.6 Å². The average Bonchev–Trinajstić information content (AvgIpc) is 3.52. The van der Waals surface area contributed by atoms with E-state index in [-0.39, 0.29) is 36.3 Å². The van der Waals surface area contributed by atoms with Crippen LogP contribution in [0.25, 0.3) is 0 Å². The Hall–Kier alpha value is -3.09. The molecule has 0 bridgehead atoms. The zero-order valence-corrected chi connectivity index (χ0v) is 15.7. The summed E-state index contributed by atoms with van der Waals surface area (Å²) in [7, 11) is 0. The minimum atomic E-state index is -0.322. The van der Waals surface area contributed by atoms with E-state index in [1.54, 1.807) is 0 Å². The molecule has 3 rings (SSSR count). The number of urea groups is 1. The van der Waals surface area contributed by atoms with E-state index in [0.29, 0.717) is 12.3 Å². The van der Waals surface area contributed by atoms with Crippen molar-refractivity contribution in [1.29, 1.82) is 0 Å². The van der Waals surface area contributed by atoms with Gasteiger partial charge in [-0.15, -0.1) is 0 Å². The molecule has 0 saturated heterocycles. The number of hydrogen-bond donors (Lipinski definition) is 3. The summed E-state index contributed by atoms with van der Waals surface area (Å²) in [6.07, 6.45) is 1.93. The van der Waals surface area contributed by atoms with Crippen molar-refractivity contribution in [3.8, 4) is 5.75 Å². The number of anilines is 1. The van der Waals surface area contributed by atoms with E-state index < -0.39 is 0 Å². The minimum absolute atomic E-state index is 0.0705. The zero-order chi connectivity index (χ0) is 19.9. The van der Waals surface area contributed by atoms with Crippen LogP contribution < -0.4 is 20.7 Å². The Labute approximate surface area is 163 Å². The van der Waals surface area contributed by atoms with Gasteiger partial charge in [-0.1, -0.05) is 12.1 Å². The number of halogens is 1. The molecule has 6 nitrogen and oxygen atoms in total. The zero-order valence-electron chi connectivity index (χ0n) is 15.7. The number of hydrogen-bond acceptors (Lipinski definition) is 3. The van der Waals surface area contributed by atoms with Crippen molar-refractivity contribution in [2.45, 2.75) is 25.8 Å². The van der Waals surface area contributed by atoms with Gasteiger partial charge in [-0.25, -0.2) is 9.18 Å².